The van der Waals surface area contributed by atoms with Crippen LogP contribution in [0.3, 0.4) is 0 Å². The fourth-order valence-corrected chi connectivity index (χ4v) is 2.46. The van der Waals surface area contributed by atoms with Crippen molar-refractivity contribution in [1.29, 1.82) is 0 Å². The zero-order valence-corrected chi connectivity index (χ0v) is 10.3. The van der Waals surface area contributed by atoms with Crippen LogP contribution in [0.5, 0.6) is 0 Å². The van der Waals surface area contributed by atoms with E-state index in [1.165, 1.54) is 0 Å². The highest BCUT2D eigenvalue weighted by Crippen LogP contribution is 2.11. The Kier molecular flexibility index (Phi) is 4.92. The van der Waals surface area contributed by atoms with Crippen LogP contribution in [0.2, 0.25) is 0 Å². The lowest BCUT2D eigenvalue weighted by Gasteiger charge is -2.05. The largest absolute Gasteiger partial charge is 0.330 e. The second-order valence-corrected chi connectivity index (χ2v) is 5.30. The predicted octanol–water partition coefficient (Wildman–Crippen LogP) is 0.876. The van der Waals surface area contributed by atoms with Crippen molar-refractivity contribution in [2.24, 2.45) is 5.73 Å². The van der Waals surface area contributed by atoms with Crippen molar-refractivity contribution < 1.29 is 8.42 Å². The van der Waals surface area contributed by atoms with Crippen LogP contribution in [-0.2, 0) is 16.4 Å². The maximum Gasteiger partial charge on any atom is 0.240 e. The molecule has 4 nitrogen and oxygen atoms in total. The second-order valence-electron chi connectivity index (χ2n) is 3.54. The molecule has 0 atom stereocenters. The molecule has 1 aromatic carbocycles. The highest BCUT2D eigenvalue weighted by atomic mass is 32.2. The number of hydrogen-bond donors (Lipinski definition) is 2. The standard InChI is InChI=1S/C11H18N2O2S/c1-2-13-16(14,15)11-7-5-10(6-8-11)4-3-9-12/h5-8,13H,2-4,9,12H2,1H3. The average molecular weight is 242 g/mol. The van der Waals surface area contributed by atoms with Gasteiger partial charge in [-0.25, -0.2) is 13.1 Å². The molecule has 0 spiro atoms. The van der Waals surface area contributed by atoms with Crippen LogP contribution in [0.15, 0.2) is 29.2 Å². The molecule has 0 aromatic heterocycles. The third-order valence-corrected chi connectivity index (χ3v) is 3.80. The van der Waals surface area contributed by atoms with E-state index in [1.807, 2.05) is 12.1 Å². The Hall–Kier alpha value is -0.910. The van der Waals surface area contributed by atoms with Gasteiger partial charge in [0.25, 0.3) is 0 Å². The first-order chi connectivity index (χ1) is 7.60. The topological polar surface area (TPSA) is 72.2 Å². The van der Waals surface area contributed by atoms with E-state index in [9.17, 15) is 8.42 Å². The Morgan fingerprint density at radius 3 is 2.38 bits per heavy atom. The molecule has 1 rings (SSSR count). The number of benzene rings is 1. The Bertz CT molecular complexity index is 412. The molecule has 90 valence electrons. The summed E-state index contributed by atoms with van der Waals surface area (Å²) in [4.78, 5) is 0.311. The molecule has 0 amide bonds. The molecule has 5 heteroatoms. The van der Waals surface area contributed by atoms with Crippen LogP contribution < -0.4 is 10.5 Å². The van der Waals surface area contributed by atoms with Gasteiger partial charge in [-0.2, -0.15) is 0 Å². The van der Waals surface area contributed by atoms with Gasteiger partial charge in [0.05, 0.1) is 4.90 Å². The first-order valence-corrected chi connectivity index (χ1v) is 6.87. The van der Waals surface area contributed by atoms with Crippen molar-refractivity contribution in [3.05, 3.63) is 29.8 Å². The molecule has 0 radical (unpaired) electrons. The fourth-order valence-electron chi connectivity index (χ4n) is 1.41. The zero-order valence-electron chi connectivity index (χ0n) is 9.44. The van der Waals surface area contributed by atoms with E-state index in [4.69, 9.17) is 5.73 Å². The number of rotatable bonds is 6. The van der Waals surface area contributed by atoms with Crippen LogP contribution in [-0.4, -0.2) is 21.5 Å². The van der Waals surface area contributed by atoms with Crippen molar-refractivity contribution >= 4 is 10.0 Å². The van der Waals surface area contributed by atoms with Crippen LogP contribution in [0, 0.1) is 0 Å². The molecule has 1 aromatic rings. The second kappa shape index (κ2) is 5.98. The summed E-state index contributed by atoms with van der Waals surface area (Å²) in [6.45, 7) is 2.81. The third-order valence-electron chi connectivity index (χ3n) is 2.24. The van der Waals surface area contributed by atoms with Gasteiger partial charge in [-0.1, -0.05) is 19.1 Å². The van der Waals surface area contributed by atoms with E-state index < -0.39 is 10.0 Å². The minimum Gasteiger partial charge on any atom is -0.330 e. The lowest BCUT2D eigenvalue weighted by Crippen LogP contribution is -2.23. The molecule has 16 heavy (non-hydrogen) atoms. The molecular formula is C11H18N2O2S. The first-order valence-electron chi connectivity index (χ1n) is 5.39. The Labute approximate surface area is 96.9 Å². The molecular weight excluding hydrogens is 224 g/mol. The van der Waals surface area contributed by atoms with E-state index >= 15 is 0 Å². The van der Waals surface area contributed by atoms with Gasteiger partial charge in [0, 0.05) is 6.54 Å². The summed E-state index contributed by atoms with van der Waals surface area (Å²) in [6, 6.07) is 6.92. The van der Waals surface area contributed by atoms with E-state index in [1.54, 1.807) is 19.1 Å². The molecule has 0 heterocycles. The molecule has 0 saturated carbocycles. The summed E-state index contributed by atoms with van der Waals surface area (Å²) >= 11 is 0. The molecule has 0 aliphatic carbocycles. The average Bonchev–Trinajstić information content (AvgIpc) is 2.27. The van der Waals surface area contributed by atoms with Crippen molar-refractivity contribution in [2.75, 3.05) is 13.1 Å². The van der Waals surface area contributed by atoms with Gasteiger partial charge in [-0.3, -0.25) is 0 Å². The van der Waals surface area contributed by atoms with Crippen molar-refractivity contribution in [2.45, 2.75) is 24.7 Å². The lowest BCUT2D eigenvalue weighted by molar-refractivity contribution is 0.584. The molecule has 0 saturated heterocycles. The van der Waals surface area contributed by atoms with E-state index in [0.717, 1.165) is 18.4 Å². The Morgan fingerprint density at radius 2 is 1.88 bits per heavy atom. The Balaban J connectivity index is 2.78. The molecule has 0 aliphatic heterocycles. The summed E-state index contributed by atoms with van der Waals surface area (Å²) in [5, 5.41) is 0. The highest BCUT2D eigenvalue weighted by molar-refractivity contribution is 7.89. The zero-order chi connectivity index (χ0) is 12.0. The minimum absolute atomic E-state index is 0.311. The molecule has 0 aliphatic rings. The number of nitrogens with two attached hydrogens (primary N) is 1. The molecule has 0 fully saturated rings. The molecule has 0 unspecified atom stereocenters. The van der Waals surface area contributed by atoms with Gasteiger partial charge < -0.3 is 5.73 Å². The summed E-state index contributed by atoms with van der Waals surface area (Å²) in [5.41, 5.74) is 6.52. The van der Waals surface area contributed by atoms with Gasteiger partial charge in [0.1, 0.15) is 0 Å². The van der Waals surface area contributed by atoms with Crippen molar-refractivity contribution in [1.82, 2.24) is 4.72 Å². The highest BCUT2D eigenvalue weighted by Gasteiger charge is 2.11. The maximum absolute atomic E-state index is 11.6. The number of nitrogens with one attached hydrogen (secondary N) is 1. The summed E-state index contributed by atoms with van der Waals surface area (Å²) in [7, 11) is -3.32. The van der Waals surface area contributed by atoms with Crippen LogP contribution in [0.25, 0.3) is 0 Å². The normalized spacial score (nSPS) is 11.6. The number of hydrogen-bond acceptors (Lipinski definition) is 3. The summed E-state index contributed by atoms with van der Waals surface area (Å²) in [6.07, 6.45) is 1.80. The first kappa shape index (κ1) is 13.2. The van der Waals surface area contributed by atoms with Crippen LogP contribution in [0.1, 0.15) is 18.9 Å². The van der Waals surface area contributed by atoms with Crippen molar-refractivity contribution in [3.63, 3.8) is 0 Å². The van der Waals surface area contributed by atoms with E-state index in [0.29, 0.717) is 18.0 Å². The number of sulfonamides is 1. The third kappa shape index (κ3) is 3.59. The van der Waals surface area contributed by atoms with Gasteiger partial charge in [-0.15, -0.1) is 0 Å². The van der Waals surface area contributed by atoms with E-state index in [-0.39, 0.29) is 0 Å². The van der Waals surface area contributed by atoms with Gasteiger partial charge in [0.15, 0.2) is 0 Å². The summed E-state index contributed by atoms with van der Waals surface area (Å²) < 4.78 is 25.7. The monoisotopic (exact) mass is 242 g/mol. The SMILES string of the molecule is CCNS(=O)(=O)c1ccc(CCCN)cc1. The maximum atomic E-state index is 11.6. The quantitative estimate of drug-likeness (QED) is 0.777. The van der Waals surface area contributed by atoms with E-state index in [2.05, 4.69) is 4.72 Å². The predicted molar refractivity (Wildman–Crippen MR) is 64.7 cm³/mol. The van der Waals surface area contributed by atoms with Crippen molar-refractivity contribution in [3.8, 4) is 0 Å². The Morgan fingerprint density at radius 1 is 1.25 bits per heavy atom. The van der Waals surface area contributed by atoms with Crippen LogP contribution >= 0.6 is 0 Å². The van der Waals surface area contributed by atoms with Gasteiger partial charge in [-0.05, 0) is 37.1 Å². The summed E-state index contributed by atoms with van der Waals surface area (Å²) in [5.74, 6) is 0. The smallest absolute Gasteiger partial charge is 0.240 e. The van der Waals surface area contributed by atoms with Crippen LogP contribution in [0.4, 0.5) is 0 Å². The van der Waals surface area contributed by atoms with Gasteiger partial charge >= 0.3 is 0 Å². The lowest BCUT2D eigenvalue weighted by atomic mass is 10.1. The molecule has 3 N–H and O–H groups in total. The fraction of sp³-hybridized carbons (Fsp3) is 0.455. The van der Waals surface area contributed by atoms with Gasteiger partial charge in [0.2, 0.25) is 10.0 Å². The number of aryl methyl sites for hydroxylation is 1. The minimum atomic E-state index is -3.32. The molecule has 0 bridgehead atoms.